The summed E-state index contributed by atoms with van der Waals surface area (Å²) in [6.45, 7) is 6.23. The first-order valence-corrected chi connectivity index (χ1v) is 4.71. The molecule has 0 fully saturated rings. The zero-order valence-electron chi connectivity index (χ0n) is 8.45. The van der Waals surface area contributed by atoms with Crippen molar-refractivity contribution in [3.8, 4) is 0 Å². The topological polar surface area (TPSA) is 64.9 Å². The first-order valence-electron chi connectivity index (χ1n) is 4.71. The Morgan fingerprint density at radius 3 is 2.62 bits per heavy atom. The molecule has 0 spiro atoms. The predicted octanol–water partition coefficient (Wildman–Crippen LogP) is 1.68. The highest BCUT2D eigenvalue weighted by molar-refractivity contribution is 4.88. The number of hydrogen-bond acceptors (Lipinski definition) is 4. The second-order valence-electron chi connectivity index (χ2n) is 3.65. The summed E-state index contributed by atoms with van der Waals surface area (Å²) in [7, 11) is 0. The fraction of sp³-hybridized carbons (Fsp3) is 0.778. The van der Waals surface area contributed by atoms with Crippen LogP contribution in [-0.4, -0.2) is 10.2 Å². The third-order valence-corrected chi connectivity index (χ3v) is 1.82. The van der Waals surface area contributed by atoms with Crippen LogP contribution in [0.4, 0.5) is 0 Å². The Balaban J connectivity index is 2.63. The Bertz CT molecular complexity index is 257. The molecule has 74 valence electrons. The van der Waals surface area contributed by atoms with E-state index in [0.29, 0.717) is 17.7 Å². The molecule has 1 unspecified atom stereocenters. The van der Waals surface area contributed by atoms with Crippen molar-refractivity contribution in [3.05, 3.63) is 11.8 Å². The zero-order valence-corrected chi connectivity index (χ0v) is 8.45. The van der Waals surface area contributed by atoms with Crippen LogP contribution in [0.5, 0.6) is 0 Å². The Hall–Kier alpha value is -0.900. The first-order chi connectivity index (χ1) is 6.13. The molecule has 0 radical (unpaired) electrons. The maximum Gasteiger partial charge on any atom is 0.233 e. The van der Waals surface area contributed by atoms with Crippen molar-refractivity contribution in [3.63, 3.8) is 0 Å². The van der Waals surface area contributed by atoms with E-state index in [0.717, 1.165) is 12.8 Å². The van der Waals surface area contributed by atoms with Crippen molar-refractivity contribution in [1.29, 1.82) is 0 Å². The predicted molar refractivity (Wildman–Crippen MR) is 50.1 cm³/mol. The molecule has 0 aliphatic carbocycles. The summed E-state index contributed by atoms with van der Waals surface area (Å²) in [6, 6.07) is -0.117. The first kappa shape index (κ1) is 10.2. The molecular formula is C9H17N3O. The number of aromatic nitrogens is 2. The highest BCUT2D eigenvalue weighted by Crippen LogP contribution is 2.13. The molecule has 1 atom stereocenters. The summed E-state index contributed by atoms with van der Waals surface area (Å²) in [5.74, 6) is 1.78. The van der Waals surface area contributed by atoms with Gasteiger partial charge in [0.05, 0.1) is 6.04 Å². The van der Waals surface area contributed by atoms with Crippen LogP contribution in [0.3, 0.4) is 0 Å². The van der Waals surface area contributed by atoms with Crippen LogP contribution in [0, 0.1) is 5.92 Å². The van der Waals surface area contributed by atoms with Gasteiger partial charge in [-0.2, -0.15) is 0 Å². The van der Waals surface area contributed by atoms with Crippen molar-refractivity contribution in [2.75, 3.05) is 0 Å². The standard InChI is InChI=1S/C9H17N3O/c1-4-7(10)9-12-11-8(13-9)5-6(2)3/h6-7H,4-5,10H2,1-3H3. The summed E-state index contributed by atoms with van der Waals surface area (Å²) in [4.78, 5) is 0. The molecule has 0 bridgehead atoms. The Morgan fingerprint density at radius 1 is 1.38 bits per heavy atom. The monoisotopic (exact) mass is 183 g/mol. The van der Waals surface area contributed by atoms with Gasteiger partial charge in [-0.05, 0) is 12.3 Å². The smallest absolute Gasteiger partial charge is 0.233 e. The van der Waals surface area contributed by atoms with E-state index in [1.54, 1.807) is 0 Å². The van der Waals surface area contributed by atoms with Crippen LogP contribution in [0.15, 0.2) is 4.42 Å². The van der Waals surface area contributed by atoms with Gasteiger partial charge in [-0.15, -0.1) is 10.2 Å². The molecule has 0 aromatic carbocycles. The molecule has 4 nitrogen and oxygen atoms in total. The molecule has 1 heterocycles. The SMILES string of the molecule is CCC(N)c1nnc(CC(C)C)o1. The molecule has 0 aliphatic rings. The number of rotatable bonds is 4. The second-order valence-corrected chi connectivity index (χ2v) is 3.65. The van der Waals surface area contributed by atoms with Crippen LogP contribution < -0.4 is 5.73 Å². The van der Waals surface area contributed by atoms with Gasteiger partial charge in [0.1, 0.15) is 0 Å². The van der Waals surface area contributed by atoms with Crippen molar-refractivity contribution < 1.29 is 4.42 Å². The lowest BCUT2D eigenvalue weighted by molar-refractivity contribution is 0.397. The Kier molecular flexibility index (Phi) is 3.42. The highest BCUT2D eigenvalue weighted by Gasteiger charge is 2.12. The molecule has 2 N–H and O–H groups in total. The van der Waals surface area contributed by atoms with Gasteiger partial charge in [0.15, 0.2) is 0 Å². The normalized spacial score (nSPS) is 13.6. The molecule has 1 aromatic rings. The maximum atomic E-state index is 5.74. The minimum Gasteiger partial charge on any atom is -0.424 e. The lowest BCUT2D eigenvalue weighted by atomic mass is 10.1. The van der Waals surface area contributed by atoms with Crippen molar-refractivity contribution in [2.24, 2.45) is 11.7 Å². The van der Waals surface area contributed by atoms with Gasteiger partial charge < -0.3 is 10.2 Å². The maximum absolute atomic E-state index is 5.74. The fourth-order valence-corrected chi connectivity index (χ4v) is 1.02. The van der Waals surface area contributed by atoms with Gasteiger partial charge in [-0.25, -0.2) is 0 Å². The number of nitrogens with two attached hydrogens (primary N) is 1. The molecule has 1 rings (SSSR count). The average molecular weight is 183 g/mol. The van der Waals surface area contributed by atoms with E-state index in [-0.39, 0.29) is 6.04 Å². The van der Waals surface area contributed by atoms with Gasteiger partial charge in [0, 0.05) is 6.42 Å². The minimum atomic E-state index is -0.117. The highest BCUT2D eigenvalue weighted by atomic mass is 16.4. The lowest BCUT2D eigenvalue weighted by Crippen LogP contribution is -2.08. The van der Waals surface area contributed by atoms with Gasteiger partial charge in [-0.1, -0.05) is 20.8 Å². The fourth-order valence-electron chi connectivity index (χ4n) is 1.02. The third-order valence-electron chi connectivity index (χ3n) is 1.82. The van der Waals surface area contributed by atoms with Crippen molar-refractivity contribution in [1.82, 2.24) is 10.2 Å². The van der Waals surface area contributed by atoms with E-state index in [2.05, 4.69) is 24.0 Å². The number of hydrogen-bond donors (Lipinski definition) is 1. The summed E-state index contributed by atoms with van der Waals surface area (Å²) >= 11 is 0. The van der Waals surface area contributed by atoms with Gasteiger partial charge >= 0.3 is 0 Å². The van der Waals surface area contributed by atoms with E-state index in [9.17, 15) is 0 Å². The van der Waals surface area contributed by atoms with Crippen molar-refractivity contribution in [2.45, 2.75) is 39.7 Å². The van der Waals surface area contributed by atoms with Crippen molar-refractivity contribution >= 4 is 0 Å². The Labute approximate surface area is 78.5 Å². The minimum absolute atomic E-state index is 0.117. The summed E-state index contributed by atoms with van der Waals surface area (Å²) in [6.07, 6.45) is 1.65. The summed E-state index contributed by atoms with van der Waals surface area (Å²) in [5, 5.41) is 7.83. The van der Waals surface area contributed by atoms with E-state index >= 15 is 0 Å². The average Bonchev–Trinajstić information content (AvgIpc) is 2.50. The second kappa shape index (κ2) is 4.37. The Morgan fingerprint density at radius 2 is 2.08 bits per heavy atom. The lowest BCUT2D eigenvalue weighted by Gasteiger charge is -2.01. The van der Waals surface area contributed by atoms with E-state index in [1.807, 2.05) is 6.92 Å². The van der Waals surface area contributed by atoms with Crippen LogP contribution in [0.2, 0.25) is 0 Å². The zero-order chi connectivity index (χ0) is 9.84. The molecule has 4 heteroatoms. The van der Waals surface area contributed by atoms with Crippen LogP contribution in [0.25, 0.3) is 0 Å². The van der Waals surface area contributed by atoms with Gasteiger partial charge in [0.25, 0.3) is 0 Å². The van der Waals surface area contributed by atoms with Crippen LogP contribution >= 0.6 is 0 Å². The van der Waals surface area contributed by atoms with Gasteiger partial charge in [-0.3, -0.25) is 0 Å². The van der Waals surface area contributed by atoms with Crippen LogP contribution in [0.1, 0.15) is 45.0 Å². The van der Waals surface area contributed by atoms with E-state index in [1.165, 1.54) is 0 Å². The molecule has 1 aromatic heterocycles. The van der Waals surface area contributed by atoms with E-state index < -0.39 is 0 Å². The summed E-state index contributed by atoms with van der Waals surface area (Å²) in [5.41, 5.74) is 5.74. The molecular weight excluding hydrogens is 166 g/mol. The molecule has 0 aliphatic heterocycles. The number of nitrogens with zero attached hydrogens (tertiary/aromatic N) is 2. The molecule has 13 heavy (non-hydrogen) atoms. The van der Waals surface area contributed by atoms with Gasteiger partial charge in [0.2, 0.25) is 11.8 Å². The largest absolute Gasteiger partial charge is 0.424 e. The molecule has 0 saturated heterocycles. The van der Waals surface area contributed by atoms with E-state index in [4.69, 9.17) is 10.2 Å². The molecule has 0 saturated carbocycles. The quantitative estimate of drug-likeness (QED) is 0.771. The molecule has 0 amide bonds. The summed E-state index contributed by atoms with van der Waals surface area (Å²) < 4.78 is 5.40. The van der Waals surface area contributed by atoms with Crippen LogP contribution in [-0.2, 0) is 6.42 Å². The third kappa shape index (κ3) is 2.81.